The fraction of sp³-hybridized carbons (Fsp3) is 0.286. The van der Waals surface area contributed by atoms with E-state index in [1.165, 1.54) is 6.33 Å². The number of hydrogen-bond acceptors (Lipinski definition) is 6. The summed E-state index contributed by atoms with van der Waals surface area (Å²) in [7, 11) is 1.65. The number of halogens is 1. The van der Waals surface area contributed by atoms with Gasteiger partial charge < -0.3 is 21.1 Å². The predicted octanol–water partition coefficient (Wildman–Crippen LogP) is 3.01. The second-order valence-corrected chi connectivity index (χ2v) is 5.53. The molecule has 2 aromatic rings. The normalized spacial score (nSPS) is 12.0. The SMILES string of the molecule is COCC(C)Nc1ncnc(Nc2ccc(Br)cc2)c1N. The van der Waals surface area contributed by atoms with Crippen LogP contribution in [0.4, 0.5) is 23.0 Å². The maximum absolute atomic E-state index is 6.11. The molecule has 0 amide bonds. The fourth-order valence-electron chi connectivity index (χ4n) is 1.81. The van der Waals surface area contributed by atoms with E-state index in [-0.39, 0.29) is 6.04 Å². The molecule has 21 heavy (non-hydrogen) atoms. The first kappa shape index (κ1) is 15.5. The average Bonchev–Trinajstić information content (AvgIpc) is 2.46. The monoisotopic (exact) mass is 351 g/mol. The Kier molecular flexibility index (Phi) is 5.35. The molecule has 112 valence electrons. The van der Waals surface area contributed by atoms with Gasteiger partial charge in [0.25, 0.3) is 0 Å². The highest BCUT2D eigenvalue weighted by Gasteiger charge is 2.10. The van der Waals surface area contributed by atoms with Gasteiger partial charge >= 0.3 is 0 Å². The van der Waals surface area contributed by atoms with Gasteiger partial charge in [0.1, 0.15) is 12.0 Å². The van der Waals surface area contributed by atoms with Gasteiger partial charge in [0, 0.05) is 23.3 Å². The summed E-state index contributed by atoms with van der Waals surface area (Å²) in [5, 5.41) is 6.37. The lowest BCUT2D eigenvalue weighted by molar-refractivity contribution is 0.190. The standard InChI is InChI=1S/C14H18BrN5O/c1-9(7-21-2)19-13-12(16)14(18-8-17-13)20-11-5-3-10(15)4-6-11/h3-6,8-9H,7,16H2,1-2H3,(H2,17,18,19,20). The lowest BCUT2D eigenvalue weighted by atomic mass is 10.3. The van der Waals surface area contributed by atoms with E-state index in [0.717, 1.165) is 10.2 Å². The summed E-state index contributed by atoms with van der Waals surface area (Å²) in [6.45, 7) is 2.56. The van der Waals surface area contributed by atoms with Crippen molar-refractivity contribution in [3.05, 3.63) is 35.1 Å². The summed E-state index contributed by atoms with van der Waals surface area (Å²) >= 11 is 3.40. The Morgan fingerprint density at radius 1 is 1.24 bits per heavy atom. The van der Waals surface area contributed by atoms with Crippen LogP contribution >= 0.6 is 15.9 Å². The molecule has 0 saturated heterocycles. The molecule has 6 nitrogen and oxygen atoms in total. The number of aromatic nitrogens is 2. The summed E-state index contributed by atoms with van der Waals surface area (Å²) in [6.07, 6.45) is 1.47. The Hall–Kier alpha value is -1.86. The van der Waals surface area contributed by atoms with Gasteiger partial charge in [-0.3, -0.25) is 0 Å². The van der Waals surface area contributed by atoms with E-state index in [1.54, 1.807) is 7.11 Å². The van der Waals surface area contributed by atoms with Gasteiger partial charge in [0.15, 0.2) is 11.6 Å². The van der Waals surface area contributed by atoms with Gasteiger partial charge in [-0.05, 0) is 31.2 Å². The number of ether oxygens (including phenoxy) is 1. The lowest BCUT2D eigenvalue weighted by Crippen LogP contribution is -2.22. The van der Waals surface area contributed by atoms with Crippen molar-refractivity contribution < 1.29 is 4.74 Å². The van der Waals surface area contributed by atoms with Crippen LogP contribution in [0, 0.1) is 0 Å². The summed E-state index contributed by atoms with van der Waals surface area (Å²) < 4.78 is 6.10. The molecule has 2 rings (SSSR count). The molecule has 7 heteroatoms. The number of rotatable bonds is 6. The minimum absolute atomic E-state index is 0.104. The van der Waals surface area contributed by atoms with Crippen LogP contribution in [0.3, 0.4) is 0 Å². The molecule has 1 heterocycles. The smallest absolute Gasteiger partial charge is 0.159 e. The van der Waals surface area contributed by atoms with Gasteiger partial charge in [0.05, 0.1) is 6.61 Å². The Morgan fingerprint density at radius 2 is 1.90 bits per heavy atom. The molecule has 0 aliphatic heterocycles. The lowest BCUT2D eigenvalue weighted by Gasteiger charge is -2.16. The molecule has 1 aromatic heterocycles. The van der Waals surface area contributed by atoms with Gasteiger partial charge in [-0.2, -0.15) is 0 Å². The third kappa shape index (κ3) is 4.30. The highest BCUT2D eigenvalue weighted by atomic mass is 79.9. The van der Waals surface area contributed by atoms with E-state index in [9.17, 15) is 0 Å². The van der Waals surface area contributed by atoms with Crippen molar-refractivity contribution in [3.8, 4) is 0 Å². The first-order valence-corrected chi connectivity index (χ1v) is 7.28. The van der Waals surface area contributed by atoms with Gasteiger partial charge in [-0.25, -0.2) is 9.97 Å². The van der Waals surface area contributed by atoms with Crippen molar-refractivity contribution in [1.82, 2.24) is 9.97 Å². The first-order chi connectivity index (χ1) is 10.1. The fourth-order valence-corrected chi connectivity index (χ4v) is 2.07. The van der Waals surface area contributed by atoms with Gasteiger partial charge in [-0.15, -0.1) is 0 Å². The van der Waals surface area contributed by atoms with Crippen molar-refractivity contribution in [1.29, 1.82) is 0 Å². The van der Waals surface area contributed by atoms with Crippen LogP contribution in [0.1, 0.15) is 6.92 Å². The van der Waals surface area contributed by atoms with E-state index in [1.807, 2.05) is 31.2 Å². The molecule has 0 aliphatic carbocycles. The van der Waals surface area contributed by atoms with Gasteiger partial charge in [-0.1, -0.05) is 15.9 Å². The molecule has 0 aliphatic rings. The molecule has 0 saturated carbocycles. The van der Waals surface area contributed by atoms with Crippen LogP contribution in [0.25, 0.3) is 0 Å². The molecule has 1 aromatic carbocycles. The van der Waals surface area contributed by atoms with Crippen molar-refractivity contribution >= 4 is 38.9 Å². The van der Waals surface area contributed by atoms with Crippen LogP contribution < -0.4 is 16.4 Å². The third-order valence-corrected chi connectivity index (χ3v) is 3.32. The van der Waals surface area contributed by atoms with Crippen molar-refractivity contribution in [2.45, 2.75) is 13.0 Å². The van der Waals surface area contributed by atoms with Crippen molar-refractivity contribution in [3.63, 3.8) is 0 Å². The number of benzene rings is 1. The number of methoxy groups -OCH3 is 1. The van der Waals surface area contributed by atoms with E-state index >= 15 is 0 Å². The molecular weight excluding hydrogens is 334 g/mol. The Labute approximate surface area is 132 Å². The number of hydrogen-bond donors (Lipinski definition) is 3. The Morgan fingerprint density at radius 3 is 2.57 bits per heavy atom. The van der Waals surface area contributed by atoms with E-state index in [4.69, 9.17) is 10.5 Å². The quantitative estimate of drug-likeness (QED) is 0.741. The Bertz CT molecular complexity index is 590. The van der Waals surface area contributed by atoms with Gasteiger partial charge in [0.2, 0.25) is 0 Å². The molecule has 0 radical (unpaired) electrons. The molecule has 1 unspecified atom stereocenters. The largest absolute Gasteiger partial charge is 0.393 e. The number of nitrogen functional groups attached to an aromatic ring is 1. The summed E-state index contributed by atoms with van der Waals surface area (Å²) in [5.74, 6) is 1.16. The third-order valence-electron chi connectivity index (χ3n) is 2.79. The first-order valence-electron chi connectivity index (χ1n) is 6.48. The van der Waals surface area contributed by atoms with E-state index in [0.29, 0.717) is 23.9 Å². The average molecular weight is 352 g/mol. The van der Waals surface area contributed by atoms with Crippen LogP contribution in [-0.4, -0.2) is 29.7 Å². The summed E-state index contributed by atoms with van der Waals surface area (Å²) in [6, 6.07) is 7.87. The van der Waals surface area contributed by atoms with Crippen LogP contribution in [0.5, 0.6) is 0 Å². The number of nitrogens with one attached hydrogen (secondary N) is 2. The Balaban J connectivity index is 2.15. The topological polar surface area (TPSA) is 85.1 Å². The zero-order valence-corrected chi connectivity index (χ0v) is 13.5. The zero-order valence-electron chi connectivity index (χ0n) is 11.9. The molecule has 0 fully saturated rings. The van der Waals surface area contributed by atoms with Crippen LogP contribution in [0.15, 0.2) is 35.1 Å². The highest BCUT2D eigenvalue weighted by Crippen LogP contribution is 2.26. The molecule has 1 atom stereocenters. The molecule has 4 N–H and O–H groups in total. The number of anilines is 4. The summed E-state index contributed by atoms with van der Waals surface area (Å²) in [4.78, 5) is 8.35. The van der Waals surface area contributed by atoms with Crippen molar-refractivity contribution in [2.75, 3.05) is 30.1 Å². The second kappa shape index (κ2) is 7.24. The second-order valence-electron chi connectivity index (χ2n) is 4.62. The molecule has 0 bridgehead atoms. The summed E-state index contributed by atoms with van der Waals surface area (Å²) in [5.41, 5.74) is 7.48. The number of nitrogens with zero attached hydrogens (tertiary/aromatic N) is 2. The maximum atomic E-state index is 6.11. The predicted molar refractivity (Wildman–Crippen MR) is 88.8 cm³/mol. The highest BCUT2D eigenvalue weighted by molar-refractivity contribution is 9.10. The number of nitrogens with two attached hydrogens (primary N) is 1. The maximum Gasteiger partial charge on any atom is 0.159 e. The van der Waals surface area contributed by atoms with E-state index in [2.05, 4.69) is 36.5 Å². The zero-order chi connectivity index (χ0) is 15.2. The minimum atomic E-state index is 0.104. The van der Waals surface area contributed by atoms with Crippen LogP contribution in [0.2, 0.25) is 0 Å². The van der Waals surface area contributed by atoms with E-state index < -0.39 is 0 Å². The molecular formula is C14H18BrN5O. The minimum Gasteiger partial charge on any atom is -0.393 e. The molecule has 0 spiro atoms. The van der Waals surface area contributed by atoms with Crippen LogP contribution in [-0.2, 0) is 4.74 Å². The van der Waals surface area contributed by atoms with Crippen molar-refractivity contribution in [2.24, 2.45) is 0 Å².